The van der Waals surface area contributed by atoms with Crippen LogP contribution >= 0.6 is 0 Å². The van der Waals surface area contributed by atoms with Crippen LogP contribution in [0.4, 0.5) is 0 Å². The number of hydrogen-bond acceptors (Lipinski definition) is 2. The molecule has 0 saturated heterocycles. The molecular formula is C18H36NO-. The Bertz CT molecular complexity index is 192. The third-order valence-corrected chi connectivity index (χ3v) is 3.79. The van der Waals surface area contributed by atoms with Crippen LogP contribution in [-0.2, 0) is 0 Å². The maximum Gasteiger partial charge on any atom is -0.0170 e. The summed E-state index contributed by atoms with van der Waals surface area (Å²) in [5.74, 6) is 0. The molecule has 0 aliphatic heterocycles. The molecule has 0 radical (unpaired) electrons. The van der Waals surface area contributed by atoms with Crippen LogP contribution in [0.25, 0.3) is 0 Å². The molecule has 0 aromatic heterocycles. The number of hydroxylamine groups is 1. The molecule has 0 unspecified atom stereocenters. The van der Waals surface area contributed by atoms with Crippen LogP contribution in [0.3, 0.4) is 0 Å². The molecule has 0 fully saturated rings. The van der Waals surface area contributed by atoms with Gasteiger partial charge in [-0.05, 0) is 38.6 Å². The predicted molar refractivity (Wildman–Crippen MR) is 90.8 cm³/mol. The van der Waals surface area contributed by atoms with Crippen LogP contribution in [0.5, 0.6) is 0 Å². The van der Waals surface area contributed by atoms with Gasteiger partial charge in [0.2, 0.25) is 0 Å². The van der Waals surface area contributed by atoms with Gasteiger partial charge < -0.3 is 10.7 Å². The van der Waals surface area contributed by atoms with Crippen molar-refractivity contribution in [2.45, 2.75) is 96.8 Å². The molecule has 0 bridgehead atoms. The molecule has 0 amide bonds. The van der Waals surface area contributed by atoms with E-state index in [9.17, 15) is 5.21 Å². The first-order valence-corrected chi connectivity index (χ1v) is 8.91. The van der Waals surface area contributed by atoms with E-state index < -0.39 is 0 Å². The minimum Gasteiger partial charge on any atom is -0.788 e. The Balaban J connectivity index is 3.01. The highest BCUT2D eigenvalue weighted by Crippen LogP contribution is 2.09. The van der Waals surface area contributed by atoms with Crippen LogP contribution in [-0.4, -0.2) is 6.54 Å². The summed E-state index contributed by atoms with van der Waals surface area (Å²) in [5, 5.41) is 10.0. The molecule has 2 heteroatoms. The average molecular weight is 282 g/mol. The topological polar surface area (TPSA) is 35.1 Å². The molecule has 120 valence electrons. The minimum atomic E-state index is 0.626. The van der Waals surface area contributed by atoms with Gasteiger partial charge in [0.1, 0.15) is 0 Å². The monoisotopic (exact) mass is 282 g/mol. The molecule has 0 saturated carbocycles. The first-order chi connectivity index (χ1) is 9.91. The van der Waals surface area contributed by atoms with Crippen molar-refractivity contribution in [3.05, 3.63) is 17.4 Å². The summed E-state index contributed by atoms with van der Waals surface area (Å²) in [7, 11) is 0. The van der Waals surface area contributed by atoms with Gasteiger partial charge in [0, 0.05) is 0 Å². The summed E-state index contributed by atoms with van der Waals surface area (Å²) in [6.07, 6.45) is 23.1. The highest BCUT2D eigenvalue weighted by Gasteiger charge is 1.90. The van der Waals surface area contributed by atoms with E-state index in [1.54, 1.807) is 0 Å². The number of hydrogen-bond donors (Lipinski definition) is 1. The van der Waals surface area contributed by atoms with Crippen LogP contribution < -0.4 is 5.48 Å². The summed E-state index contributed by atoms with van der Waals surface area (Å²) in [5.41, 5.74) is 1.96. The summed E-state index contributed by atoms with van der Waals surface area (Å²) in [6.45, 7) is 2.90. The fraction of sp³-hybridized carbons (Fsp3) is 0.889. The van der Waals surface area contributed by atoms with E-state index in [1.165, 1.54) is 83.5 Å². The van der Waals surface area contributed by atoms with Crippen LogP contribution in [0.15, 0.2) is 12.2 Å². The van der Waals surface area contributed by atoms with Gasteiger partial charge in [0.15, 0.2) is 0 Å². The third-order valence-electron chi connectivity index (χ3n) is 3.79. The Morgan fingerprint density at radius 2 is 1.10 bits per heavy atom. The summed E-state index contributed by atoms with van der Waals surface area (Å²) < 4.78 is 0. The quantitative estimate of drug-likeness (QED) is 0.210. The summed E-state index contributed by atoms with van der Waals surface area (Å²) >= 11 is 0. The smallest absolute Gasteiger partial charge is 0.0170 e. The van der Waals surface area contributed by atoms with Crippen molar-refractivity contribution in [1.29, 1.82) is 0 Å². The standard InChI is InChI=1S/C18H36NO/c1-2-3-4-5-6-7-8-9-10-11-12-13-14-15-16-17-18-19-20/h9-10,19H,2-8,11-18H2,1H3/q-1. The SMILES string of the molecule is CCCCCCCCC=CCCCCCCCCN[O-]. The third kappa shape index (κ3) is 17.7. The maximum atomic E-state index is 10.0. The van der Waals surface area contributed by atoms with Crippen LogP contribution in [0.1, 0.15) is 96.8 Å². The van der Waals surface area contributed by atoms with E-state index in [1.807, 2.05) is 5.48 Å². The average Bonchev–Trinajstić information content (AvgIpc) is 2.47. The molecular weight excluding hydrogens is 246 g/mol. The molecule has 0 aromatic carbocycles. The van der Waals surface area contributed by atoms with E-state index in [4.69, 9.17) is 0 Å². The second kappa shape index (κ2) is 18.7. The predicted octanol–water partition coefficient (Wildman–Crippen LogP) is 6.11. The molecule has 1 N–H and O–H groups in total. The molecule has 0 aliphatic carbocycles. The molecule has 0 aromatic rings. The number of nitrogens with one attached hydrogen (secondary N) is 1. The van der Waals surface area contributed by atoms with Crippen molar-refractivity contribution in [3.63, 3.8) is 0 Å². The Hall–Kier alpha value is -0.340. The van der Waals surface area contributed by atoms with E-state index in [0.717, 1.165) is 6.42 Å². The van der Waals surface area contributed by atoms with E-state index >= 15 is 0 Å². The van der Waals surface area contributed by atoms with Crippen LogP contribution in [0, 0.1) is 5.21 Å². The molecule has 2 nitrogen and oxygen atoms in total. The van der Waals surface area contributed by atoms with Crippen LogP contribution in [0.2, 0.25) is 0 Å². The van der Waals surface area contributed by atoms with Gasteiger partial charge in [0.25, 0.3) is 0 Å². The Kier molecular flexibility index (Phi) is 18.3. The first kappa shape index (κ1) is 19.7. The first-order valence-electron chi connectivity index (χ1n) is 8.91. The fourth-order valence-electron chi connectivity index (χ4n) is 2.44. The van der Waals surface area contributed by atoms with Gasteiger partial charge in [-0.1, -0.05) is 76.9 Å². The molecule has 0 aliphatic rings. The second-order valence-corrected chi connectivity index (χ2v) is 5.83. The van der Waals surface area contributed by atoms with Gasteiger partial charge >= 0.3 is 0 Å². The number of unbranched alkanes of at least 4 members (excludes halogenated alkanes) is 12. The Morgan fingerprint density at radius 1 is 0.650 bits per heavy atom. The van der Waals surface area contributed by atoms with Crippen molar-refractivity contribution < 1.29 is 0 Å². The lowest BCUT2D eigenvalue weighted by molar-refractivity contribution is 0.588. The Morgan fingerprint density at radius 3 is 1.60 bits per heavy atom. The highest BCUT2D eigenvalue weighted by atomic mass is 16.5. The van der Waals surface area contributed by atoms with Crippen molar-refractivity contribution in [3.8, 4) is 0 Å². The normalized spacial score (nSPS) is 11.5. The molecule has 0 heterocycles. The zero-order valence-electron chi connectivity index (χ0n) is 13.7. The lowest BCUT2D eigenvalue weighted by atomic mass is 10.1. The Labute approximate surface area is 127 Å². The zero-order chi connectivity index (χ0) is 14.7. The van der Waals surface area contributed by atoms with Crippen molar-refractivity contribution in [2.75, 3.05) is 6.54 Å². The van der Waals surface area contributed by atoms with Gasteiger partial charge in [-0.25, -0.2) is 0 Å². The highest BCUT2D eigenvalue weighted by molar-refractivity contribution is 4.81. The maximum absolute atomic E-state index is 10.0. The van der Waals surface area contributed by atoms with Crippen molar-refractivity contribution >= 4 is 0 Å². The van der Waals surface area contributed by atoms with Crippen molar-refractivity contribution in [1.82, 2.24) is 5.48 Å². The summed E-state index contributed by atoms with van der Waals surface area (Å²) in [6, 6.07) is 0. The molecule has 20 heavy (non-hydrogen) atoms. The number of rotatable bonds is 16. The minimum absolute atomic E-state index is 0.626. The lowest BCUT2D eigenvalue weighted by Crippen LogP contribution is -2.04. The largest absolute Gasteiger partial charge is 0.788 e. The number of allylic oxidation sites excluding steroid dienone is 2. The van der Waals surface area contributed by atoms with Gasteiger partial charge in [0.05, 0.1) is 0 Å². The molecule has 0 rings (SSSR count). The van der Waals surface area contributed by atoms with Gasteiger partial charge in [-0.2, -0.15) is 0 Å². The van der Waals surface area contributed by atoms with E-state index in [0.29, 0.717) is 6.54 Å². The molecule has 0 atom stereocenters. The van der Waals surface area contributed by atoms with E-state index in [-0.39, 0.29) is 0 Å². The summed E-state index contributed by atoms with van der Waals surface area (Å²) in [4.78, 5) is 0. The lowest BCUT2D eigenvalue weighted by Gasteiger charge is -2.05. The van der Waals surface area contributed by atoms with Gasteiger partial charge in [-0.3, -0.25) is 0 Å². The molecule has 0 spiro atoms. The zero-order valence-corrected chi connectivity index (χ0v) is 13.7. The fourth-order valence-corrected chi connectivity index (χ4v) is 2.44. The second-order valence-electron chi connectivity index (χ2n) is 5.83. The van der Waals surface area contributed by atoms with E-state index in [2.05, 4.69) is 19.1 Å². The van der Waals surface area contributed by atoms with Gasteiger partial charge in [-0.15, -0.1) is 0 Å². The van der Waals surface area contributed by atoms with Crippen molar-refractivity contribution in [2.24, 2.45) is 0 Å².